The van der Waals surface area contributed by atoms with Crippen LogP contribution in [0.2, 0.25) is 0 Å². The van der Waals surface area contributed by atoms with Gasteiger partial charge in [-0.15, -0.1) is 0 Å². The molecule has 0 spiro atoms. The fraction of sp³-hybridized carbons (Fsp3) is 0.350. The van der Waals surface area contributed by atoms with Crippen molar-refractivity contribution in [3.8, 4) is 0 Å². The Balaban J connectivity index is 1.91. The van der Waals surface area contributed by atoms with Crippen LogP contribution < -0.4 is 0 Å². The molecule has 2 aromatic rings. The molecule has 0 bridgehead atoms. The lowest BCUT2D eigenvalue weighted by molar-refractivity contribution is -0.394. The van der Waals surface area contributed by atoms with E-state index in [1.165, 1.54) is 5.56 Å². The number of hydrogen-bond acceptors (Lipinski definition) is 3. The molecule has 0 N–H and O–H groups in total. The third-order valence-electron chi connectivity index (χ3n) is 3.90. The minimum Gasteiger partial charge on any atom is -0.306 e. The summed E-state index contributed by atoms with van der Waals surface area (Å²) in [4.78, 5) is 26.0. The largest absolute Gasteiger partial charge is 0.306 e. The summed E-state index contributed by atoms with van der Waals surface area (Å²) in [6.07, 6.45) is 0.270. The lowest BCUT2D eigenvalue weighted by atomic mass is 9.97. The summed E-state index contributed by atoms with van der Waals surface area (Å²) in [6.45, 7) is 6.37. The molecule has 1 atom stereocenters. The van der Waals surface area contributed by atoms with Gasteiger partial charge >= 0.3 is 0 Å². The van der Waals surface area contributed by atoms with Crippen molar-refractivity contribution in [3.63, 3.8) is 0 Å². The second kappa shape index (κ2) is 6.75. The quantitative estimate of drug-likeness (QED) is 0.629. The molecule has 0 fully saturated rings. The molecule has 24 heavy (non-hydrogen) atoms. The summed E-state index contributed by atoms with van der Waals surface area (Å²) in [5.74, 6) is -0.0485. The normalized spacial score (nSPS) is 17.5. The molecular formula is C20H23NO3. The van der Waals surface area contributed by atoms with Crippen molar-refractivity contribution in [1.29, 1.82) is 0 Å². The third-order valence-corrected chi connectivity index (χ3v) is 3.90. The number of fused-ring (bicyclic) bond motifs is 1. The Hall–Kier alpha value is -2.17. The second-order valence-corrected chi connectivity index (χ2v) is 6.96. The number of hydrogen-bond donors (Lipinski definition) is 0. The summed E-state index contributed by atoms with van der Waals surface area (Å²) < 4.78 is 0. The number of nitrogens with zero attached hydrogens (tertiary/aromatic N) is 1. The maximum Gasteiger partial charge on any atom is 0.256 e. The van der Waals surface area contributed by atoms with Crippen LogP contribution in [0.5, 0.6) is 0 Å². The van der Waals surface area contributed by atoms with Gasteiger partial charge in [-0.1, -0.05) is 42.5 Å². The standard InChI is InChI=1S/C20H23NO3/c1-20(2,3)24-23-19-17-12-8-7-9-15(17)13-14-21(19)18(22)16-10-5-4-6-11-16/h4-12,19H,13-14H2,1-3H3. The van der Waals surface area contributed by atoms with Crippen LogP contribution in [0.15, 0.2) is 54.6 Å². The number of benzene rings is 2. The van der Waals surface area contributed by atoms with Crippen molar-refractivity contribution in [2.24, 2.45) is 0 Å². The average molecular weight is 325 g/mol. The van der Waals surface area contributed by atoms with Crippen molar-refractivity contribution in [3.05, 3.63) is 71.3 Å². The molecule has 3 rings (SSSR count). The highest BCUT2D eigenvalue weighted by Gasteiger charge is 2.33. The molecule has 0 aliphatic carbocycles. The van der Waals surface area contributed by atoms with Crippen LogP contribution in [0, 0.1) is 0 Å². The Morgan fingerprint density at radius 3 is 2.42 bits per heavy atom. The highest BCUT2D eigenvalue weighted by atomic mass is 17.2. The molecule has 0 saturated heterocycles. The Bertz CT molecular complexity index is 706. The predicted octanol–water partition coefficient (Wildman–Crippen LogP) is 4.13. The zero-order chi connectivity index (χ0) is 17.2. The van der Waals surface area contributed by atoms with E-state index in [9.17, 15) is 4.79 Å². The van der Waals surface area contributed by atoms with E-state index in [0.29, 0.717) is 12.1 Å². The first kappa shape index (κ1) is 16.7. The Morgan fingerprint density at radius 1 is 1.04 bits per heavy atom. The lowest BCUT2D eigenvalue weighted by Crippen LogP contribution is -2.42. The van der Waals surface area contributed by atoms with Crippen LogP contribution in [-0.4, -0.2) is 23.0 Å². The van der Waals surface area contributed by atoms with Gasteiger partial charge in [0.1, 0.15) is 0 Å². The number of amides is 1. The number of carbonyl (C=O) groups is 1. The van der Waals surface area contributed by atoms with Crippen molar-refractivity contribution < 1.29 is 14.6 Å². The molecule has 0 radical (unpaired) electrons. The number of rotatable bonds is 3. The predicted molar refractivity (Wildman–Crippen MR) is 92.3 cm³/mol. The first-order valence-electron chi connectivity index (χ1n) is 8.24. The van der Waals surface area contributed by atoms with Crippen LogP contribution in [0.4, 0.5) is 0 Å². The molecule has 1 unspecified atom stereocenters. The van der Waals surface area contributed by atoms with E-state index in [0.717, 1.165) is 12.0 Å². The van der Waals surface area contributed by atoms with Gasteiger partial charge < -0.3 is 4.90 Å². The van der Waals surface area contributed by atoms with Crippen molar-refractivity contribution in [1.82, 2.24) is 4.90 Å². The Morgan fingerprint density at radius 2 is 1.71 bits per heavy atom. The molecule has 2 aromatic carbocycles. The van der Waals surface area contributed by atoms with Gasteiger partial charge in [0.15, 0.2) is 6.23 Å². The Labute approximate surface area is 142 Å². The zero-order valence-electron chi connectivity index (χ0n) is 14.4. The van der Waals surface area contributed by atoms with Gasteiger partial charge in [-0.3, -0.25) is 4.79 Å². The molecule has 4 nitrogen and oxygen atoms in total. The maximum atomic E-state index is 12.9. The van der Waals surface area contributed by atoms with Crippen LogP contribution in [-0.2, 0) is 16.2 Å². The Kier molecular flexibility index (Phi) is 4.69. The molecule has 1 aliphatic rings. The summed E-state index contributed by atoms with van der Waals surface area (Å²) >= 11 is 0. The highest BCUT2D eigenvalue weighted by molar-refractivity contribution is 5.94. The van der Waals surface area contributed by atoms with E-state index in [1.54, 1.807) is 4.90 Å². The van der Waals surface area contributed by atoms with E-state index in [1.807, 2.05) is 69.3 Å². The summed E-state index contributed by atoms with van der Waals surface area (Å²) in [7, 11) is 0. The van der Waals surface area contributed by atoms with Crippen LogP contribution in [0.25, 0.3) is 0 Å². The van der Waals surface area contributed by atoms with E-state index < -0.39 is 11.8 Å². The highest BCUT2D eigenvalue weighted by Crippen LogP contribution is 2.33. The van der Waals surface area contributed by atoms with Crippen LogP contribution in [0.3, 0.4) is 0 Å². The maximum absolute atomic E-state index is 12.9. The van der Waals surface area contributed by atoms with E-state index >= 15 is 0 Å². The third kappa shape index (κ3) is 3.66. The smallest absolute Gasteiger partial charge is 0.256 e. The topological polar surface area (TPSA) is 38.8 Å². The van der Waals surface area contributed by atoms with Crippen molar-refractivity contribution >= 4 is 5.91 Å². The van der Waals surface area contributed by atoms with Gasteiger partial charge in [0.05, 0.1) is 5.60 Å². The van der Waals surface area contributed by atoms with Gasteiger partial charge in [-0.05, 0) is 44.9 Å². The average Bonchev–Trinajstić information content (AvgIpc) is 2.59. The summed E-state index contributed by atoms with van der Waals surface area (Å²) in [6, 6.07) is 17.3. The van der Waals surface area contributed by atoms with Crippen molar-refractivity contribution in [2.75, 3.05) is 6.54 Å². The fourth-order valence-electron chi connectivity index (χ4n) is 2.78. The van der Waals surface area contributed by atoms with E-state index in [2.05, 4.69) is 6.07 Å². The van der Waals surface area contributed by atoms with Gasteiger partial charge in [0.25, 0.3) is 5.91 Å². The van der Waals surface area contributed by atoms with Gasteiger partial charge in [-0.2, -0.15) is 0 Å². The minimum absolute atomic E-state index is 0.0485. The monoisotopic (exact) mass is 325 g/mol. The molecule has 126 valence electrons. The van der Waals surface area contributed by atoms with Crippen LogP contribution in [0.1, 0.15) is 48.5 Å². The van der Waals surface area contributed by atoms with Gasteiger partial charge in [0, 0.05) is 17.7 Å². The molecule has 4 heteroatoms. The van der Waals surface area contributed by atoms with Crippen molar-refractivity contribution in [2.45, 2.75) is 39.0 Å². The second-order valence-electron chi connectivity index (χ2n) is 6.96. The lowest BCUT2D eigenvalue weighted by Gasteiger charge is -2.37. The molecule has 0 aromatic heterocycles. The summed E-state index contributed by atoms with van der Waals surface area (Å²) in [5, 5.41) is 0. The fourth-order valence-corrected chi connectivity index (χ4v) is 2.78. The van der Waals surface area contributed by atoms with Crippen LogP contribution >= 0.6 is 0 Å². The molecule has 1 aliphatic heterocycles. The molecule has 1 amide bonds. The summed E-state index contributed by atoms with van der Waals surface area (Å²) in [5.41, 5.74) is 2.38. The minimum atomic E-state index is -0.540. The first-order valence-corrected chi connectivity index (χ1v) is 8.24. The van der Waals surface area contributed by atoms with E-state index in [4.69, 9.17) is 9.78 Å². The SMILES string of the molecule is CC(C)(C)OOC1c2ccccc2CCN1C(=O)c1ccccc1. The van der Waals surface area contributed by atoms with Gasteiger partial charge in [-0.25, -0.2) is 9.78 Å². The van der Waals surface area contributed by atoms with Gasteiger partial charge in [0.2, 0.25) is 0 Å². The molecular weight excluding hydrogens is 302 g/mol. The molecule has 1 heterocycles. The van der Waals surface area contributed by atoms with E-state index in [-0.39, 0.29) is 5.91 Å². The molecule has 0 saturated carbocycles. The first-order chi connectivity index (χ1) is 11.5. The number of carbonyl (C=O) groups excluding carboxylic acids is 1. The zero-order valence-corrected chi connectivity index (χ0v) is 14.4.